The van der Waals surface area contributed by atoms with Gasteiger partial charge in [-0.3, -0.25) is 0 Å². The molecule has 1 N–H and O–H groups in total. The Kier molecular flexibility index (Phi) is 7.60. The van der Waals surface area contributed by atoms with E-state index in [4.69, 9.17) is 15.9 Å². The van der Waals surface area contributed by atoms with Gasteiger partial charge in [0.1, 0.15) is 11.5 Å². The maximum atomic E-state index is 5.34. The van der Waals surface area contributed by atoms with E-state index in [9.17, 15) is 0 Å². The van der Waals surface area contributed by atoms with Crippen molar-refractivity contribution in [3.8, 4) is 23.8 Å². The lowest BCUT2D eigenvalue weighted by Gasteiger charge is -2.20. The number of unbranched alkanes of at least 4 members (excludes halogenated alkanes) is 1. The third kappa shape index (κ3) is 5.14. The molecule has 3 nitrogen and oxygen atoms in total. The lowest BCUT2D eigenvalue weighted by molar-refractivity contribution is 0.390. The minimum atomic E-state index is 0.285. The molecule has 1 aromatic rings. The Morgan fingerprint density at radius 2 is 1.85 bits per heavy atom. The summed E-state index contributed by atoms with van der Waals surface area (Å²) in [7, 11) is 3.34. The van der Waals surface area contributed by atoms with E-state index in [0.29, 0.717) is 0 Å². The minimum absolute atomic E-state index is 0.285. The maximum absolute atomic E-state index is 5.34. The third-order valence-electron chi connectivity index (χ3n) is 3.23. The number of rotatable bonds is 9. The Bertz CT molecular complexity index is 415. The molecule has 0 spiro atoms. The van der Waals surface area contributed by atoms with Crippen LogP contribution in [0.5, 0.6) is 11.5 Å². The SMILES string of the molecule is C#CCCCC(NCCC)c1cc(OC)cc(OC)c1. The van der Waals surface area contributed by atoms with Gasteiger partial charge in [-0.15, -0.1) is 12.3 Å². The van der Waals surface area contributed by atoms with Crippen LogP contribution < -0.4 is 14.8 Å². The summed E-state index contributed by atoms with van der Waals surface area (Å²) in [5, 5.41) is 3.57. The molecule has 0 heterocycles. The van der Waals surface area contributed by atoms with E-state index in [1.165, 1.54) is 5.56 Å². The molecule has 1 aromatic carbocycles. The minimum Gasteiger partial charge on any atom is -0.497 e. The number of hydrogen-bond donors (Lipinski definition) is 1. The molecule has 0 aliphatic rings. The van der Waals surface area contributed by atoms with Gasteiger partial charge in [0.05, 0.1) is 14.2 Å². The van der Waals surface area contributed by atoms with Crippen molar-refractivity contribution in [2.45, 2.75) is 38.6 Å². The highest BCUT2D eigenvalue weighted by molar-refractivity contribution is 5.39. The van der Waals surface area contributed by atoms with Gasteiger partial charge in [0, 0.05) is 18.5 Å². The van der Waals surface area contributed by atoms with Crippen molar-refractivity contribution < 1.29 is 9.47 Å². The quantitative estimate of drug-likeness (QED) is 0.552. The van der Waals surface area contributed by atoms with Crippen LogP contribution in [0.15, 0.2) is 18.2 Å². The maximum Gasteiger partial charge on any atom is 0.122 e. The summed E-state index contributed by atoms with van der Waals surface area (Å²) in [4.78, 5) is 0. The monoisotopic (exact) mass is 275 g/mol. The molecule has 3 heteroatoms. The topological polar surface area (TPSA) is 30.5 Å². The molecule has 1 atom stereocenters. The second-order valence-electron chi connectivity index (χ2n) is 4.75. The number of terminal acetylenes is 1. The van der Waals surface area contributed by atoms with Crippen molar-refractivity contribution in [2.24, 2.45) is 0 Å². The van der Waals surface area contributed by atoms with Crippen molar-refractivity contribution in [3.05, 3.63) is 23.8 Å². The summed E-state index contributed by atoms with van der Waals surface area (Å²) >= 11 is 0. The molecular weight excluding hydrogens is 250 g/mol. The first kappa shape index (κ1) is 16.4. The van der Waals surface area contributed by atoms with Gasteiger partial charge in [-0.05, 0) is 43.5 Å². The van der Waals surface area contributed by atoms with E-state index >= 15 is 0 Å². The molecule has 0 aromatic heterocycles. The summed E-state index contributed by atoms with van der Waals surface area (Å²) in [6, 6.07) is 6.30. The van der Waals surface area contributed by atoms with E-state index in [2.05, 4.69) is 30.3 Å². The molecule has 0 saturated heterocycles. The Morgan fingerprint density at radius 1 is 1.20 bits per heavy atom. The van der Waals surface area contributed by atoms with Crippen molar-refractivity contribution in [1.82, 2.24) is 5.32 Å². The van der Waals surface area contributed by atoms with Crippen molar-refractivity contribution in [3.63, 3.8) is 0 Å². The van der Waals surface area contributed by atoms with E-state index in [1.54, 1.807) is 14.2 Å². The zero-order chi connectivity index (χ0) is 14.8. The highest BCUT2D eigenvalue weighted by atomic mass is 16.5. The first-order valence-corrected chi connectivity index (χ1v) is 7.15. The highest BCUT2D eigenvalue weighted by Crippen LogP contribution is 2.28. The number of benzene rings is 1. The van der Waals surface area contributed by atoms with Gasteiger partial charge in [-0.25, -0.2) is 0 Å². The van der Waals surface area contributed by atoms with Crippen LogP contribution in [0.4, 0.5) is 0 Å². The van der Waals surface area contributed by atoms with Crippen molar-refractivity contribution in [2.75, 3.05) is 20.8 Å². The molecule has 0 fully saturated rings. The van der Waals surface area contributed by atoms with E-state index in [0.717, 1.165) is 43.7 Å². The van der Waals surface area contributed by atoms with Crippen LogP contribution in [0.3, 0.4) is 0 Å². The zero-order valence-electron chi connectivity index (χ0n) is 12.7. The zero-order valence-corrected chi connectivity index (χ0v) is 12.7. The standard InChI is InChI=1S/C17H25NO2/c1-5-7-8-9-17(18-10-6-2)14-11-15(19-3)13-16(12-14)20-4/h1,11-13,17-18H,6-10H2,2-4H3. The van der Waals surface area contributed by atoms with Crippen LogP contribution in [-0.2, 0) is 0 Å². The largest absolute Gasteiger partial charge is 0.497 e. The van der Waals surface area contributed by atoms with Gasteiger partial charge in [-0.1, -0.05) is 6.92 Å². The molecule has 110 valence electrons. The fourth-order valence-corrected chi connectivity index (χ4v) is 2.14. The fourth-order valence-electron chi connectivity index (χ4n) is 2.14. The highest BCUT2D eigenvalue weighted by Gasteiger charge is 2.13. The van der Waals surface area contributed by atoms with Crippen LogP contribution in [0, 0.1) is 12.3 Å². The van der Waals surface area contributed by atoms with Crippen molar-refractivity contribution in [1.29, 1.82) is 0 Å². The summed E-state index contributed by atoms with van der Waals surface area (Å²) in [5.41, 5.74) is 1.19. The van der Waals surface area contributed by atoms with Crippen molar-refractivity contribution >= 4 is 0 Å². The molecule has 0 bridgehead atoms. The van der Waals surface area contributed by atoms with Gasteiger partial charge in [0.15, 0.2) is 0 Å². The smallest absolute Gasteiger partial charge is 0.122 e. The second-order valence-corrected chi connectivity index (χ2v) is 4.75. The van der Waals surface area contributed by atoms with Crippen LogP contribution >= 0.6 is 0 Å². The molecule has 0 radical (unpaired) electrons. The molecule has 1 rings (SSSR count). The molecule has 0 saturated carbocycles. The fraction of sp³-hybridized carbons (Fsp3) is 0.529. The average Bonchev–Trinajstić information content (AvgIpc) is 2.50. The third-order valence-corrected chi connectivity index (χ3v) is 3.23. The van der Waals surface area contributed by atoms with Crippen LogP contribution in [-0.4, -0.2) is 20.8 Å². The Hall–Kier alpha value is -1.66. The lowest BCUT2D eigenvalue weighted by atomic mass is 10.00. The number of hydrogen-bond acceptors (Lipinski definition) is 3. The van der Waals surface area contributed by atoms with Crippen LogP contribution in [0.1, 0.15) is 44.2 Å². The Balaban J connectivity index is 2.89. The Morgan fingerprint density at radius 3 is 2.35 bits per heavy atom. The number of ether oxygens (including phenoxy) is 2. The molecule has 0 aliphatic heterocycles. The first-order valence-electron chi connectivity index (χ1n) is 7.15. The summed E-state index contributed by atoms with van der Waals surface area (Å²) in [5.74, 6) is 4.34. The first-order chi connectivity index (χ1) is 9.74. The van der Waals surface area contributed by atoms with Gasteiger partial charge in [0.2, 0.25) is 0 Å². The molecule has 20 heavy (non-hydrogen) atoms. The van der Waals surface area contributed by atoms with E-state index in [1.807, 2.05) is 6.07 Å². The normalized spacial score (nSPS) is 11.7. The van der Waals surface area contributed by atoms with Gasteiger partial charge < -0.3 is 14.8 Å². The number of methoxy groups -OCH3 is 2. The molecular formula is C17H25NO2. The van der Waals surface area contributed by atoms with Crippen LogP contribution in [0.25, 0.3) is 0 Å². The molecule has 1 unspecified atom stereocenters. The van der Waals surface area contributed by atoms with Gasteiger partial charge in [0.25, 0.3) is 0 Å². The Labute approximate surface area is 122 Å². The average molecular weight is 275 g/mol. The second kappa shape index (κ2) is 9.28. The van der Waals surface area contributed by atoms with E-state index < -0.39 is 0 Å². The summed E-state index contributed by atoms with van der Waals surface area (Å²) in [6.07, 6.45) is 9.27. The molecule has 0 aliphatic carbocycles. The predicted octanol–water partition coefficient (Wildman–Crippen LogP) is 3.55. The molecule has 0 amide bonds. The van der Waals surface area contributed by atoms with Crippen LogP contribution in [0.2, 0.25) is 0 Å². The number of nitrogens with one attached hydrogen (secondary N) is 1. The predicted molar refractivity (Wildman–Crippen MR) is 83.3 cm³/mol. The van der Waals surface area contributed by atoms with E-state index in [-0.39, 0.29) is 6.04 Å². The van der Waals surface area contributed by atoms with Gasteiger partial charge >= 0.3 is 0 Å². The summed E-state index contributed by atoms with van der Waals surface area (Å²) < 4.78 is 10.7. The van der Waals surface area contributed by atoms with Gasteiger partial charge in [-0.2, -0.15) is 0 Å². The lowest BCUT2D eigenvalue weighted by Crippen LogP contribution is -2.22. The summed E-state index contributed by atoms with van der Waals surface area (Å²) in [6.45, 7) is 3.15.